The normalized spacial score (nSPS) is 24.0. The molecule has 1 amide bonds. The van der Waals surface area contributed by atoms with Crippen molar-refractivity contribution in [1.29, 1.82) is 0 Å². The Kier molecular flexibility index (Phi) is 5.14. The molecular formula is C24H25N3O2. The molecule has 2 aromatic rings. The number of pyridine rings is 1. The van der Waals surface area contributed by atoms with Crippen LogP contribution < -0.4 is 5.32 Å². The summed E-state index contributed by atoms with van der Waals surface area (Å²) >= 11 is 0. The van der Waals surface area contributed by atoms with Crippen LogP contribution in [0.1, 0.15) is 43.7 Å². The molecule has 0 spiro atoms. The highest BCUT2D eigenvalue weighted by Gasteiger charge is 2.45. The van der Waals surface area contributed by atoms with Crippen LogP contribution in [0.3, 0.4) is 0 Å². The average Bonchev–Trinajstić information content (AvgIpc) is 2.67. The number of ketones is 1. The third kappa shape index (κ3) is 3.65. The highest BCUT2D eigenvalue weighted by molar-refractivity contribution is 6.14. The van der Waals surface area contributed by atoms with Gasteiger partial charge in [-0.2, -0.15) is 0 Å². The van der Waals surface area contributed by atoms with Crippen LogP contribution in [-0.2, 0) is 9.59 Å². The van der Waals surface area contributed by atoms with Gasteiger partial charge in [-0.3, -0.25) is 14.6 Å². The van der Waals surface area contributed by atoms with Gasteiger partial charge in [0.2, 0.25) is 0 Å². The molecule has 1 N–H and O–H groups in total. The minimum atomic E-state index is -0.375. The third-order valence-electron chi connectivity index (χ3n) is 5.83. The quantitative estimate of drug-likeness (QED) is 0.845. The molecule has 4 rings (SSSR count). The Bertz CT molecular complexity index is 1020. The average molecular weight is 387 g/mol. The second kappa shape index (κ2) is 7.74. The first-order valence-corrected chi connectivity index (χ1v) is 10.0. The van der Waals surface area contributed by atoms with Crippen molar-refractivity contribution in [3.8, 4) is 0 Å². The topological polar surface area (TPSA) is 71.4 Å². The van der Waals surface area contributed by atoms with Crippen molar-refractivity contribution < 1.29 is 9.59 Å². The van der Waals surface area contributed by atoms with E-state index in [4.69, 9.17) is 4.99 Å². The smallest absolute Gasteiger partial charge is 0.255 e. The molecule has 0 bridgehead atoms. The third-order valence-corrected chi connectivity index (χ3v) is 5.83. The van der Waals surface area contributed by atoms with Gasteiger partial charge >= 0.3 is 0 Å². The fraction of sp³-hybridized carbons (Fsp3) is 0.333. The molecule has 1 aliphatic heterocycles. The number of carbonyl (C=O) groups is 2. The second-order valence-corrected chi connectivity index (χ2v) is 8.06. The van der Waals surface area contributed by atoms with Gasteiger partial charge in [-0.25, -0.2) is 4.98 Å². The number of hydrogen-bond acceptors (Lipinski definition) is 4. The van der Waals surface area contributed by atoms with E-state index in [1.54, 1.807) is 18.3 Å². The van der Waals surface area contributed by atoms with E-state index in [2.05, 4.69) is 17.2 Å². The van der Waals surface area contributed by atoms with E-state index in [1.165, 1.54) is 0 Å². The molecule has 2 heterocycles. The number of benzene rings is 1. The van der Waals surface area contributed by atoms with Crippen LogP contribution in [0.15, 0.2) is 64.9 Å². The van der Waals surface area contributed by atoms with E-state index < -0.39 is 0 Å². The molecule has 0 saturated heterocycles. The number of anilines is 1. The lowest BCUT2D eigenvalue weighted by atomic mass is 9.66. The molecule has 5 nitrogen and oxygen atoms in total. The van der Waals surface area contributed by atoms with Crippen LogP contribution in [0.25, 0.3) is 0 Å². The van der Waals surface area contributed by atoms with E-state index in [0.717, 1.165) is 23.3 Å². The number of aliphatic imine (C=N–C) groups is 1. The number of aromatic nitrogens is 1. The fourth-order valence-electron chi connectivity index (χ4n) is 4.57. The Morgan fingerprint density at radius 3 is 2.52 bits per heavy atom. The summed E-state index contributed by atoms with van der Waals surface area (Å²) in [6.45, 7) is 5.98. The lowest BCUT2D eigenvalue weighted by Crippen LogP contribution is -2.41. The van der Waals surface area contributed by atoms with Crippen molar-refractivity contribution in [2.75, 3.05) is 5.32 Å². The van der Waals surface area contributed by atoms with Gasteiger partial charge in [0.15, 0.2) is 0 Å². The molecule has 29 heavy (non-hydrogen) atoms. The Hall–Kier alpha value is -3.08. The van der Waals surface area contributed by atoms with E-state index in [0.29, 0.717) is 23.5 Å². The number of amides is 1. The van der Waals surface area contributed by atoms with E-state index >= 15 is 0 Å². The van der Waals surface area contributed by atoms with Crippen molar-refractivity contribution in [2.24, 2.45) is 16.8 Å². The van der Waals surface area contributed by atoms with Crippen LogP contribution in [0, 0.1) is 18.8 Å². The number of hydrogen-bond donors (Lipinski definition) is 1. The minimum Gasteiger partial charge on any atom is -0.307 e. The molecule has 5 heteroatoms. The number of Topliss-reactive ketones (excluding diaryl/α,β-unsaturated/α-hetero) is 1. The zero-order valence-corrected chi connectivity index (χ0v) is 17.0. The van der Waals surface area contributed by atoms with Gasteiger partial charge in [0.05, 0.1) is 5.92 Å². The van der Waals surface area contributed by atoms with Crippen LogP contribution in [0.2, 0.25) is 0 Å². The summed E-state index contributed by atoms with van der Waals surface area (Å²) in [5.41, 5.74) is 4.23. The van der Waals surface area contributed by atoms with E-state index in [1.807, 2.05) is 44.2 Å². The Balaban J connectivity index is 1.83. The summed E-state index contributed by atoms with van der Waals surface area (Å²) in [6, 6.07) is 13.4. The zero-order chi connectivity index (χ0) is 20.5. The number of aryl methyl sites for hydroxylation is 1. The van der Waals surface area contributed by atoms with Gasteiger partial charge in [-0.05, 0) is 49.4 Å². The lowest BCUT2D eigenvalue weighted by molar-refractivity contribution is -0.123. The summed E-state index contributed by atoms with van der Waals surface area (Å²) in [6.07, 6.45) is 2.96. The molecule has 3 atom stereocenters. The number of carbonyl (C=O) groups excluding carboxylic acids is 2. The van der Waals surface area contributed by atoms with Crippen molar-refractivity contribution in [1.82, 2.24) is 4.98 Å². The van der Waals surface area contributed by atoms with Crippen molar-refractivity contribution in [2.45, 2.75) is 39.5 Å². The maximum Gasteiger partial charge on any atom is 0.255 e. The maximum atomic E-state index is 13.3. The zero-order valence-electron chi connectivity index (χ0n) is 17.0. The molecule has 1 aliphatic carbocycles. The predicted octanol–water partition coefficient (Wildman–Crippen LogP) is 4.46. The molecule has 1 aromatic heterocycles. The van der Waals surface area contributed by atoms with Crippen molar-refractivity contribution in [3.63, 3.8) is 0 Å². The second-order valence-electron chi connectivity index (χ2n) is 8.06. The lowest BCUT2D eigenvalue weighted by Gasteiger charge is -2.38. The van der Waals surface area contributed by atoms with Crippen LogP contribution in [0.5, 0.6) is 0 Å². The van der Waals surface area contributed by atoms with Gasteiger partial charge < -0.3 is 5.32 Å². The van der Waals surface area contributed by atoms with E-state index in [9.17, 15) is 9.59 Å². The van der Waals surface area contributed by atoms with Gasteiger partial charge in [0.25, 0.3) is 5.91 Å². The Morgan fingerprint density at radius 1 is 1.03 bits per heavy atom. The number of allylic oxidation sites excluding steroid dienone is 1. The summed E-state index contributed by atoms with van der Waals surface area (Å²) in [5.74, 6) is -0.00521. The summed E-state index contributed by atoms with van der Waals surface area (Å²) in [4.78, 5) is 35.4. The maximum absolute atomic E-state index is 13.3. The molecule has 1 unspecified atom stereocenters. The molecule has 148 valence electrons. The number of nitrogens with zero attached hydrogens (tertiary/aromatic N) is 2. The first kappa shape index (κ1) is 19.2. The highest BCUT2D eigenvalue weighted by atomic mass is 16.2. The highest BCUT2D eigenvalue weighted by Crippen LogP contribution is 2.44. The van der Waals surface area contributed by atoms with Gasteiger partial charge in [-0.15, -0.1) is 0 Å². The van der Waals surface area contributed by atoms with Crippen molar-refractivity contribution >= 4 is 23.2 Å². The van der Waals surface area contributed by atoms with Crippen LogP contribution >= 0.6 is 0 Å². The number of fused-ring (bicyclic) bond motifs is 1. The first-order valence-electron chi connectivity index (χ1n) is 10.0. The standard InChI is InChI=1S/C24H25N3O2/c1-14-12-18-23(19(28)13-14)22(17-9-5-4-8-15(17)2)21(16(3)26-18)24(29)27-20-10-6-7-11-25-20/h4-11,14,22-23H,12-13H2,1-3H3,(H,25,27,29)/t14-,22+,23?/m0/s1. The molecule has 2 aliphatic rings. The molecule has 1 fully saturated rings. The fourth-order valence-corrected chi connectivity index (χ4v) is 4.57. The predicted molar refractivity (Wildman–Crippen MR) is 114 cm³/mol. The number of nitrogens with one attached hydrogen (secondary N) is 1. The molecule has 1 aromatic carbocycles. The molecule has 0 radical (unpaired) electrons. The summed E-state index contributed by atoms with van der Waals surface area (Å²) in [7, 11) is 0. The molecule has 1 saturated carbocycles. The minimum absolute atomic E-state index is 0.173. The van der Waals surface area contributed by atoms with Gasteiger partial charge in [-0.1, -0.05) is 37.3 Å². The number of rotatable bonds is 3. The van der Waals surface area contributed by atoms with Crippen LogP contribution in [-0.4, -0.2) is 22.4 Å². The summed E-state index contributed by atoms with van der Waals surface area (Å²) in [5, 5.41) is 2.89. The SMILES string of the molecule is CC1=C(C(=O)Nc2ccccn2)[C@@H](c2ccccc2C)C2C(=O)C[C@@H](C)CC2=N1. The molecular weight excluding hydrogens is 362 g/mol. The first-order chi connectivity index (χ1) is 14.0. The van der Waals surface area contributed by atoms with E-state index in [-0.39, 0.29) is 29.4 Å². The van der Waals surface area contributed by atoms with Gasteiger partial charge in [0, 0.05) is 35.5 Å². The monoisotopic (exact) mass is 387 g/mol. The Labute approximate surface area is 171 Å². The summed E-state index contributed by atoms with van der Waals surface area (Å²) < 4.78 is 0. The Morgan fingerprint density at radius 2 is 1.79 bits per heavy atom. The van der Waals surface area contributed by atoms with Gasteiger partial charge in [0.1, 0.15) is 11.6 Å². The van der Waals surface area contributed by atoms with Crippen molar-refractivity contribution in [3.05, 3.63) is 71.1 Å². The largest absolute Gasteiger partial charge is 0.307 e. The van der Waals surface area contributed by atoms with Crippen LogP contribution in [0.4, 0.5) is 5.82 Å².